The van der Waals surface area contributed by atoms with Crippen LogP contribution in [0.5, 0.6) is 0 Å². The number of aromatic amines is 1. The fourth-order valence-corrected chi connectivity index (χ4v) is 5.57. The number of H-pyrrole nitrogens is 1. The van der Waals surface area contributed by atoms with Gasteiger partial charge in [0.2, 0.25) is 0 Å². The zero-order valence-electron chi connectivity index (χ0n) is 23.3. The van der Waals surface area contributed by atoms with Gasteiger partial charge < -0.3 is 19.2 Å². The van der Waals surface area contributed by atoms with Crippen molar-refractivity contribution in [3.8, 4) is 0 Å². The van der Waals surface area contributed by atoms with Crippen molar-refractivity contribution in [1.82, 2.24) is 19.8 Å². The third-order valence-corrected chi connectivity index (χ3v) is 7.94. The molecule has 2 aliphatic rings. The van der Waals surface area contributed by atoms with Crippen molar-refractivity contribution >= 4 is 11.6 Å². The minimum absolute atomic E-state index is 0.0886. The Kier molecular flexibility index (Phi) is 10.2. The smallest absolute Gasteiger partial charge is 0.379 e. The van der Waals surface area contributed by atoms with Crippen molar-refractivity contribution in [2.24, 2.45) is 0 Å². The van der Waals surface area contributed by atoms with Crippen LogP contribution >= 0.6 is 11.6 Å². The average molecular weight is 651 g/mol. The Morgan fingerprint density at radius 1 is 0.955 bits per heavy atom. The predicted octanol–water partition coefficient (Wildman–Crippen LogP) is 6.31. The van der Waals surface area contributed by atoms with E-state index in [-0.39, 0.29) is 31.3 Å². The summed E-state index contributed by atoms with van der Waals surface area (Å²) in [5, 5.41) is 0. The molecule has 15 heteroatoms. The zero-order chi connectivity index (χ0) is 31.5. The van der Waals surface area contributed by atoms with Crippen molar-refractivity contribution in [3.63, 3.8) is 0 Å². The molecule has 0 spiro atoms. The topological polar surface area (TPSA) is 62.9 Å². The molecule has 2 fully saturated rings. The van der Waals surface area contributed by atoms with E-state index in [0.29, 0.717) is 62.9 Å². The number of alkyl halides is 7. The SMILES string of the molecule is Fc1ccc(C2C(OCCc3cc(C(F)(F)F)cc(C(F)(F)F)c3)OCCN2Cc2cnc(C(Cl)N3CCOCC3)[nH]2)cc1. The molecule has 2 saturated heterocycles. The summed E-state index contributed by atoms with van der Waals surface area (Å²) < 4.78 is 111. The Balaban J connectivity index is 1.31. The lowest BCUT2D eigenvalue weighted by atomic mass is 10.0. The summed E-state index contributed by atoms with van der Waals surface area (Å²) in [5.41, 5.74) is -2.04. The highest BCUT2D eigenvalue weighted by Crippen LogP contribution is 2.37. The van der Waals surface area contributed by atoms with Crippen LogP contribution in [0.15, 0.2) is 48.7 Å². The number of halogens is 8. The van der Waals surface area contributed by atoms with Gasteiger partial charge in [0.15, 0.2) is 6.29 Å². The molecular formula is C29H30ClF7N4O3. The lowest BCUT2D eigenvalue weighted by molar-refractivity contribution is -0.212. The highest BCUT2D eigenvalue weighted by Gasteiger charge is 2.38. The third-order valence-electron chi connectivity index (χ3n) is 7.46. The molecule has 1 N–H and O–H groups in total. The molecule has 5 rings (SSSR count). The maximum atomic E-state index is 13.8. The summed E-state index contributed by atoms with van der Waals surface area (Å²) in [5.74, 6) is 0.122. The molecule has 0 aliphatic carbocycles. The summed E-state index contributed by atoms with van der Waals surface area (Å²) >= 11 is 6.64. The molecule has 7 nitrogen and oxygen atoms in total. The van der Waals surface area contributed by atoms with Crippen molar-refractivity contribution in [1.29, 1.82) is 0 Å². The largest absolute Gasteiger partial charge is 0.416 e. The molecule has 3 atom stereocenters. The molecule has 3 aromatic rings. The standard InChI is InChI=1S/C29H30ClF7N4O3/c30-25(40-6-10-42-11-7-40)26-38-16-23(39-26)17-41-8-12-44-27(24(41)19-1-3-22(31)4-2-19)43-9-5-18-13-20(28(32,33)34)15-21(14-18)29(35,36)37/h1-4,13-16,24-25,27H,5-12,17H2,(H,38,39). The number of morpholine rings is 2. The number of aromatic nitrogens is 2. The van der Waals surface area contributed by atoms with Crippen LogP contribution < -0.4 is 0 Å². The Labute approximate surface area is 253 Å². The fourth-order valence-electron chi connectivity index (χ4n) is 5.26. The molecule has 0 radical (unpaired) electrons. The van der Waals surface area contributed by atoms with Gasteiger partial charge in [-0.3, -0.25) is 9.80 Å². The van der Waals surface area contributed by atoms with Crippen LogP contribution in [-0.4, -0.2) is 72.1 Å². The van der Waals surface area contributed by atoms with Crippen molar-refractivity contribution in [2.45, 2.75) is 43.2 Å². The van der Waals surface area contributed by atoms with Crippen LogP contribution in [0, 0.1) is 5.82 Å². The highest BCUT2D eigenvalue weighted by atomic mass is 35.5. The lowest BCUT2D eigenvalue weighted by Gasteiger charge is -2.41. The second-order valence-electron chi connectivity index (χ2n) is 10.5. The summed E-state index contributed by atoms with van der Waals surface area (Å²) in [6.07, 6.45) is -9.40. The van der Waals surface area contributed by atoms with Gasteiger partial charge in [-0.05, 0) is 47.9 Å². The van der Waals surface area contributed by atoms with Crippen LogP contribution in [0.1, 0.15) is 45.3 Å². The van der Waals surface area contributed by atoms with E-state index in [1.165, 1.54) is 12.1 Å². The summed E-state index contributed by atoms with van der Waals surface area (Å²) in [4.78, 5) is 11.8. The Bertz CT molecular complexity index is 1350. The van der Waals surface area contributed by atoms with E-state index in [2.05, 4.69) is 9.97 Å². The maximum Gasteiger partial charge on any atom is 0.416 e. The van der Waals surface area contributed by atoms with Crippen LogP contribution in [0.3, 0.4) is 0 Å². The van der Waals surface area contributed by atoms with Gasteiger partial charge in [0, 0.05) is 38.1 Å². The maximum absolute atomic E-state index is 13.8. The molecule has 1 aromatic heterocycles. The minimum atomic E-state index is -4.95. The minimum Gasteiger partial charge on any atom is -0.379 e. The molecule has 44 heavy (non-hydrogen) atoms. The van der Waals surface area contributed by atoms with Gasteiger partial charge in [-0.2, -0.15) is 26.3 Å². The molecule has 3 heterocycles. The lowest BCUT2D eigenvalue weighted by Crippen LogP contribution is -2.46. The highest BCUT2D eigenvalue weighted by molar-refractivity contribution is 6.20. The Morgan fingerprint density at radius 2 is 1.61 bits per heavy atom. The number of ether oxygens (including phenoxy) is 3. The van der Waals surface area contributed by atoms with E-state index in [4.69, 9.17) is 25.8 Å². The summed E-state index contributed by atoms with van der Waals surface area (Å²) in [6, 6.07) is 6.60. The van der Waals surface area contributed by atoms with Crippen molar-refractivity contribution in [3.05, 3.63) is 88.3 Å². The Morgan fingerprint density at radius 3 is 2.25 bits per heavy atom. The number of nitrogens with one attached hydrogen (secondary N) is 1. The number of hydrogen-bond acceptors (Lipinski definition) is 6. The first-order chi connectivity index (χ1) is 20.9. The number of benzene rings is 2. The summed E-state index contributed by atoms with van der Waals surface area (Å²) in [6.45, 7) is 3.29. The van der Waals surface area contributed by atoms with Gasteiger partial charge in [0.05, 0.1) is 43.6 Å². The van der Waals surface area contributed by atoms with Gasteiger partial charge in [-0.1, -0.05) is 23.7 Å². The van der Waals surface area contributed by atoms with Crippen molar-refractivity contribution < 1.29 is 44.9 Å². The van der Waals surface area contributed by atoms with E-state index in [0.717, 1.165) is 5.69 Å². The van der Waals surface area contributed by atoms with E-state index in [1.807, 2.05) is 9.80 Å². The van der Waals surface area contributed by atoms with Gasteiger partial charge in [-0.25, -0.2) is 9.37 Å². The van der Waals surface area contributed by atoms with Crippen LogP contribution in [0.2, 0.25) is 0 Å². The molecule has 0 amide bonds. The number of hydrogen-bond donors (Lipinski definition) is 1. The normalized spacial score (nSPS) is 21.5. The molecule has 2 aromatic carbocycles. The molecule has 240 valence electrons. The average Bonchev–Trinajstić information content (AvgIpc) is 3.45. The zero-order valence-corrected chi connectivity index (χ0v) is 24.1. The Hall–Kier alpha value is -2.75. The molecular weight excluding hydrogens is 621 g/mol. The third kappa shape index (κ3) is 8.09. The van der Waals surface area contributed by atoms with Crippen molar-refractivity contribution in [2.75, 3.05) is 46.1 Å². The van der Waals surface area contributed by atoms with Gasteiger partial charge >= 0.3 is 12.4 Å². The van der Waals surface area contributed by atoms with Crippen LogP contribution in [0.25, 0.3) is 0 Å². The number of imidazole rings is 1. The van der Waals surface area contributed by atoms with E-state index in [9.17, 15) is 30.7 Å². The number of nitrogens with zero attached hydrogens (tertiary/aromatic N) is 3. The predicted molar refractivity (Wildman–Crippen MR) is 145 cm³/mol. The second-order valence-corrected chi connectivity index (χ2v) is 10.9. The van der Waals surface area contributed by atoms with E-state index in [1.54, 1.807) is 18.3 Å². The van der Waals surface area contributed by atoms with Gasteiger partial charge in [0.1, 0.15) is 17.1 Å². The number of rotatable bonds is 9. The first-order valence-corrected chi connectivity index (χ1v) is 14.3. The molecule has 0 bridgehead atoms. The molecule has 3 unspecified atom stereocenters. The first-order valence-electron chi connectivity index (χ1n) is 13.9. The first kappa shape index (κ1) is 32.6. The van der Waals surface area contributed by atoms with Crippen LogP contribution in [-0.2, 0) is 39.5 Å². The molecule has 2 aliphatic heterocycles. The van der Waals surface area contributed by atoms with Gasteiger partial charge in [0.25, 0.3) is 0 Å². The van der Waals surface area contributed by atoms with Gasteiger partial charge in [-0.15, -0.1) is 0 Å². The van der Waals surface area contributed by atoms with E-state index < -0.39 is 47.1 Å². The monoisotopic (exact) mass is 650 g/mol. The molecule has 0 saturated carbocycles. The quantitative estimate of drug-likeness (QED) is 0.166. The van der Waals surface area contributed by atoms with E-state index >= 15 is 0 Å². The summed E-state index contributed by atoms with van der Waals surface area (Å²) in [7, 11) is 0. The second kappa shape index (κ2) is 13.7. The fraction of sp³-hybridized carbons (Fsp3) is 0.483. The van der Waals surface area contributed by atoms with Crippen LogP contribution in [0.4, 0.5) is 30.7 Å².